The second kappa shape index (κ2) is 9.16. The summed E-state index contributed by atoms with van der Waals surface area (Å²) in [6.45, 7) is 3.23. The first-order chi connectivity index (χ1) is 15.9. The Morgan fingerprint density at radius 1 is 1.06 bits per heavy atom. The highest BCUT2D eigenvalue weighted by Gasteiger charge is 2.20. The number of fused-ring (bicyclic) bond motifs is 1. The first-order valence-electron chi connectivity index (χ1n) is 10.3. The second-order valence-electron chi connectivity index (χ2n) is 7.59. The summed E-state index contributed by atoms with van der Waals surface area (Å²) in [6, 6.07) is 16.4. The molecule has 0 aliphatic rings. The van der Waals surface area contributed by atoms with Crippen molar-refractivity contribution in [3.05, 3.63) is 87.8 Å². The summed E-state index contributed by atoms with van der Waals surface area (Å²) in [6.07, 6.45) is 0. The molecule has 168 valence electrons. The molecule has 3 aromatic carbocycles. The van der Waals surface area contributed by atoms with Gasteiger partial charge in [0.1, 0.15) is 17.1 Å². The van der Waals surface area contributed by atoms with E-state index in [4.69, 9.17) is 13.9 Å². The Morgan fingerprint density at radius 3 is 2.48 bits per heavy atom. The summed E-state index contributed by atoms with van der Waals surface area (Å²) in [5.74, 6) is -0.440. The molecule has 1 aromatic heterocycles. The van der Waals surface area contributed by atoms with Gasteiger partial charge in [-0.2, -0.15) is 0 Å². The standard InChI is InChI=1S/C26H22FNO5/c1-15-12-16(2)23-21(13-15)33-25(17-8-10-18(31-3)11-9-17)26(24(23)30)32-14-22(29)28-20-7-5-4-6-19(20)27/h4-13H,14H2,1-3H3,(H,28,29). The fourth-order valence-electron chi connectivity index (χ4n) is 3.62. The van der Waals surface area contributed by atoms with Gasteiger partial charge in [-0.1, -0.05) is 18.2 Å². The molecule has 0 radical (unpaired) electrons. The van der Waals surface area contributed by atoms with E-state index in [2.05, 4.69) is 5.32 Å². The van der Waals surface area contributed by atoms with E-state index in [1.54, 1.807) is 43.5 Å². The van der Waals surface area contributed by atoms with Gasteiger partial charge in [0, 0.05) is 5.56 Å². The molecule has 0 bridgehead atoms. The molecule has 0 spiro atoms. The molecule has 0 fully saturated rings. The van der Waals surface area contributed by atoms with Crippen molar-refractivity contribution in [2.45, 2.75) is 13.8 Å². The quantitative estimate of drug-likeness (QED) is 0.437. The van der Waals surface area contributed by atoms with E-state index in [0.717, 1.165) is 11.1 Å². The fourth-order valence-corrected chi connectivity index (χ4v) is 3.62. The lowest BCUT2D eigenvalue weighted by Gasteiger charge is -2.13. The molecule has 1 N–H and O–H groups in total. The molecule has 7 heteroatoms. The topological polar surface area (TPSA) is 77.8 Å². The number of anilines is 1. The molecule has 0 saturated heterocycles. The summed E-state index contributed by atoms with van der Waals surface area (Å²) < 4.78 is 30.8. The Morgan fingerprint density at radius 2 is 1.79 bits per heavy atom. The van der Waals surface area contributed by atoms with Crippen molar-refractivity contribution in [3.8, 4) is 22.8 Å². The zero-order chi connectivity index (χ0) is 23.5. The Kier molecular flexibility index (Phi) is 6.13. The zero-order valence-electron chi connectivity index (χ0n) is 18.4. The van der Waals surface area contributed by atoms with E-state index in [1.807, 2.05) is 19.9 Å². The lowest BCUT2D eigenvalue weighted by Crippen LogP contribution is -2.23. The minimum absolute atomic E-state index is 0.0262. The molecule has 0 unspecified atom stereocenters. The minimum Gasteiger partial charge on any atom is -0.497 e. The molecule has 0 saturated carbocycles. The Labute approximate surface area is 189 Å². The highest BCUT2D eigenvalue weighted by atomic mass is 19.1. The highest BCUT2D eigenvalue weighted by Crippen LogP contribution is 2.33. The van der Waals surface area contributed by atoms with Crippen LogP contribution in [0.1, 0.15) is 11.1 Å². The molecule has 0 aliphatic heterocycles. The van der Waals surface area contributed by atoms with Gasteiger partial charge in [-0.05, 0) is 67.4 Å². The van der Waals surface area contributed by atoms with Gasteiger partial charge in [-0.25, -0.2) is 4.39 Å². The predicted molar refractivity (Wildman–Crippen MR) is 124 cm³/mol. The van der Waals surface area contributed by atoms with Gasteiger partial charge in [0.25, 0.3) is 5.91 Å². The maximum Gasteiger partial charge on any atom is 0.262 e. The van der Waals surface area contributed by atoms with Crippen LogP contribution in [-0.2, 0) is 4.79 Å². The van der Waals surface area contributed by atoms with Crippen LogP contribution in [0.5, 0.6) is 11.5 Å². The van der Waals surface area contributed by atoms with Crippen LogP contribution in [0.3, 0.4) is 0 Å². The number of benzene rings is 3. The Hall–Kier alpha value is -4.13. The predicted octanol–water partition coefficient (Wildman–Crippen LogP) is 5.24. The van der Waals surface area contributed by atoms with Gasteiger partial charge in [-0.15, -0.1) is 0 Å². The first kappa shape index (κ1) is 22.1. The normalized spacial score (nSPS) is 10.8. The van der Waals surface area contributed by atoms with Crippen molar-refractivity contribution in [3.63, 3.8) is 0 Å². The molecule has 0 aliphatic carbocycles. The van der Waals surface area contributed by atoms with Crippen molar-refractivity contribution in [2.24, 2.45) is 0 Å². The Bertz CT molecular complexity index is 1390. The average molecular weight is 447 g/mol. The summed E-state index contributed by atoms with van der Waals surface area (Å²) in [5.41, 5.74) is 2.32. The van der Waals surface area contributed by atoms with Crippen molar-refractivity contribution in [2.75, 3.05) is 19.0 Å². The van der Waals surface area contributed by atoms with Crippen LogP contribution in [-0.4, -0.2) is 19.6 Å². The zero-order valence-corrected chi connectivity index (χ0v) is 18.4. The maximum atomic E-state index is 13.8. The van der Waals surface area contributed by atoms with Gasteiger partial charge >= 0.3 is 0 Å². The van der Waals surface area contributed by atoms with Gasteiger partial charge in [-0.3, -0.25) is 9.59 Å². The molecule has 1 heterocycles. The number of methoxy groups -OCH3 is 1. The third-order valence-electron chi connectivity index (χ3n) is 5.14. The van der Waals surface area contributed by atoms with Crippen molar-refractivity contribution in [1.82, 2.24) is 0 Å². The first-order valence-corrected chi connectivity index (χ1v) is 10.3. The largest absolute Gasteiger partial charge is 0.497 e. The van der Waals surface area contributed by atoms with E-state index < -0.39 is 23.8 Å². The van der Waals surface area contributed by atoms with E-state index >= 15 is 0 Å². The van der Waals surface area contributed by atoms with E-state index in [0.29, 0.717) is 22.3 Å². The number of hydrogen-bond donors (Lipinski definition) is 1. The van der Waals surface area contributed by atoms with Crippen LogP contribution in [0.4, 0.5) is 10.1 Å². The number of rotatable bonds is 6. The van der Waals surface area contributed by atoms with Gasteiger partial charge in [0.2, 0.25) is 11.2 Å². The lowest BCUT2D eigenvalue weighted by molar-refractivity contribution is -0.118. The number of nitrogens with one attached hydrogen (secondary N) is 1. The van der Waals surface area contributed by atoms with E-state index in [1.165, 1.54) is 18.2 Å². The Balaban J connectivity index is 1.74. The number of halogens is 1. The minimum atomic E-state index is -0.610. The SMILES string of the molecule is COc1ccc(-c2oc3cc(C)cc(C)c3c(=O)c2OCC(=O)Nc2ccccc2F)cc1. The third-order valence-corrected chi connectivity index (χ3v) is 5.14. The summed E-state index contributed by atoms with van der Waals surface area (Å²) in [4.78, 5) is 25.8. The van der Waals surface area contributed by atoms with Crippen molar-refractivity contribution >= 4 is 22.6 Å². The maximum absolute atomic E-state index is 13.8. The van der Waals surface area contributed by atoms with Crippen molar-refractivity contribution in [1.29, 1.82) is 0 Å². The van der Waals surface area contributed by atoms with Crippen LogP contribution in [0.2, 0.25) is 0 Å². The van der Waals surface area contributed by atoms with E-state index in [9.17, 15) is 14.0 Å². The fraction of sp³-hybridized carbons (Fsp3) is 0.154. The molecule has 4 rings (SSSR count). The lowest BCUT2D eigenvalue weighted by atomic mass is 10.0. The molecule has 4 aromatic rings. The smallest absolute Gasteiger partial charge is 0.262 e. The molecular formula is C26H22FNO5. The van der Waals surface area contributed by atoms with Crippen LogP contribution in [0.15, 0.2) is 69.9 Å². The van der Waals surface area contributed by atoms with Crippen molar-refractivity contribution < 1.29 is 23.1 Å². The number of para-hydroxylation sites is 1. The molecule has 0 atom stereocenters. The number of hydrogen-bond acceptors (Lipinski definition) is 5. The number of carbonyl (C=O) groups is 1. The molecule has 33 heavy (non-hydrogen) atoms. The molecular weight excluding hydrogens is 425 g/mol. The average Bonchev–Trinajstić information content (AvgIpc) is 2.79. The second-order valence-corrected chi connectivity index (χ2v) is 7.59. The molecule has 6 nitrogen and oxygen atoms in total. The summed E-state index contributed by atoms with van der Waals surface area (Å²) >= 11 is 0. The summed E-state index contributed by atoms with van der Waals surface area (Å²) in [5, 5.41) is 2.82. The van der Waals surface area contributed by atoms with Gasteiger partial charge < -0.3 is 19.2 Å². The monoisotopic (exact) mass is 447 g/mol. The number of amides is 1. The van der Waals surface area contributed by atoms with Crippen LogP contribution in [0.25, 0.3) is 22.3 Å². The number of ether oxygens (including phenoxy) is 2. The molecule has 1 amide bonds. The number of carbonyl (C=O) groups excluding carboxylic acids is 1. The van der Waals surface area contributed by atoms with Gasteiger partial charge in [0.05, 0.1) is 18.2 Å². The third kappa shape index (κ3) is 4.57. The summed E-state index contributed by atoms with van der Waals surface area (Å²) in [7, 11) is 1.55. The van der Waals surface area contributed by atoms with Gasteiger partial charge in [0.15, 0.2) is 12.4 Å². The van der Waals surface area contributed by atoms with Crippen LogP contribution < -0.4 is 20.2 Å². The number of aryl methyl sites for hydroxylation is 2. The highest BCUT2D eigenvalue weighted by molar-refractivity contribution is 5.92. The van der Waals surface area contributed by atoms with Crippen LogP contribution in [0, 0.1) is 19.7 Å². The van der Waals surface area contributed by atoms with Crippen LogP contribution >= 0.6 is 0 Å². The van der Waals surface area contributed by atoms with E-state index in [-0.39, 0.29) is 17.2 Å².